The predicted octanol–water partition coefficient (Wildman–Crippen LogP) is 5.96. The zero-order valence-corrected chi connectivity index (χ0v) is 19.0. The van der Waals surface area contributed by atoms with Crippen LogP contribution in [0.4, 0.5) is 0 Å². The molecule has 4 aromatic rings. The van der Waals surface area contributed by atoms with Gasteiger partial charge < -0.3 is 14.6 Å². The minimum Gasteiger partial charge on any atom is -0.494 e. The molecule has 164 valence electrons. The average molecular weight is 448 g/mol. The normalized spacial score (nSPS) is 12.0. The van der Waals surface area contributed by atoms with Crippen molar-refractivity contribution in [2.24, 2.45) is 0 Å². The number of carbonyl (C=O) groups excluding carboxylic acids is 1. The molecule has 0 aliphatic heterocycles. The lowest BCUT2D eigenvalue weighted by molar-refractivity contribution is 0.0937. The Labute approximate surface area is 193 Å². The van der Waals surface area contributed by atoms with Gasteiger partial charge in [0, 0.05) is 17.1 Å². The van der Waals surface area contributed by atoms with E-state index in [0.717, 1.165) is 46.2 Å². The van der Waals surface area contributed by atoms with Gasteiger partial charge >= 0.3 is 0 Å². The number of halogens is 1. The van der Waals surface area contributed by atoms with Gasteiger partial charge in [-0.1, -0.05) is 41.9 Å². The summed E-state index contributed by atoms with van der Waals surface area (Å²) < 4.78 is 8.08. The van der Waals surface area contributed by atoms with Gasteiger partial charge in [-0.3, -0.25) is 4.79 Å². The zero-order chi connectivity index (χ0) is 22.5. The van der Waals surface area contributed by atoms with Gasteiger partial charge in [0.25, 0.3) is 5.91 Å². The third kappa shape index (κ3) is 4.94. The maximum Gasteiger partial charge on any atom is 0.251 e. The van der Waals surface area contributed by atoms with E-state index in [2.05, 4.69) is 16.0 Å². The number of para-hydroxylation sites is 2. The molecule has 1 heterocycles. The number of aromatic nitrogens is 2. The molecular weight excluding hydrogens is 422 g/mol. The number of nitrogens with one attached hydrogen (secondary N) is 1. The van der Waals surface area contributed by atoms with Crippen molar-refractivity contribution >= 4 is 28.5 Å². The molecule has 3 aromatic carbocycles. The smallest absolute Gasteiger partial charge is 0.251 e. The first kappa shape index (κ1) is 21.9. The molecule has 0 fully saturated rings. The van der Waals surface area contributed by atoms with Gasteiger partial charge in [0.05, 0.1) is 23.7 Å². The van der Waals surface area contributed by atoms with Gasteiger partial charge in [-0.05, 0) is 68.3 Å². The quantitative estimate of drug-likeness (QED) is 0.339. The molecule has 1 N–H and O–H groups in total. The summed E-state index contributed by atoms with van der Waals surface area (Å²) in [5.74, 6) is 1.53. The number of rotatable bonds is 8. The molecule has 0 aliphatic carbocycles. The van der Waals surface area contributed by atoms with E-state index in [4.69, 9.17) is 21.3 Å². The van der Waals surface area contributed by atoms with Gasteiger partial charge in [0.1, 0.15) is 11.6 Å². The van der Waals surface area contributed by atoms with E-state index < -0.39 is 0 Å². The fourth-order valence-corrected chi connectivity index (χ4v) is 3.83. The number of carbonyl (C=O) groups is 1. The number of ether oxygens (including phenoxy) is 1. The minimum absolute atomic E-state index is 0.113. The Morgan fingerprint density at radius 1 is 1.09 bits per heavy atom. The second-order valence-corrected chi connectivity index (χ2v) is 8.19. The van der Waals surface area contributed by atoms with Gasteiger partial charge in [-0.25, -0.2) is 4.98 Å². The highest BCUT2D eigenvalue weighted by Gasteiger charge is 2.19. The second-order valence-electron chi connectivity index (χ2n) is 7.78. The number of fused-ring (bicyclic) bond motifs is 1. The first-order chi connectivity index (χ1) is 15.5. The van der Waals surface area contributed by atoms with Crippen LogP contribution in [0, 0.1) is 6.92 Å². The highest BCUT2D eigenvalue weighted by atomic mass is 35.5. The summed E-state index contributed by atoms with van der Waals surface area (Å²) in [6, 6.07) is 22.7. The lowest BCUT2D eigenvalue weighted by atomic mass is 10.2. The van der Waals surface area contributed by atoms with E-state index in [9.17, 15) is 4.79 Å². The van der Waals surface area contributed by atoms with Gasteiger partial charge in [0.15, 0.2) is 0 Å². The van der Waals surface area contributed by atoms with Crippen LogP contribution in [0.1, 0.15) is 41.1 Å². The van der Waals surface area contributed by atoms with Gasteiger partial charge in [-0.2, -0.15) is 0 Å². The SMILES string of the molecule is Cc1cc(OCCCn2c(C(C)NC(=O)c3ccccc3)nc3ccccc32)ccc1Cl. The van der Waals surface area contributed by atoms with Crippen molar-refractivity contribution < 1.29 is 9.53 Å². The van der Waals surface area contributed by atoms with E-state index in [0.29, 0.717) is 12.2 Å². The summed E-state index contributed by atoms with van der Waals surface area (Å²) in [7, 11) is 0. The summed E-state index contributed by atoms with van der Waals surface area (Å²) in [6.07, 6.45) is 0.800. The Hall–Kier alpha value is -3.31. The van der Waals surface area contributed by atoms with Crippen LogP contribution in [0.15, 0.2) is 72.8 Å². The monoisotopic (exact) mass is 447 g/mol. The summed E-state index contributed by atoms with van der Waals surface area (Å²) in [6.45, 7) is 5.22. The van der Waals surface area contributed by atoms with Crippen molar-refractivity contribution in [3.63, 3.8) is 0 Å². The van der Waals surface area contributed by atoms with Crippen molar-refractivity contribution in [2.45, 2.75) is 32.9 Å². The van der Waals surface area contributed by atoms with Crippen LogP contribution in [-0.2, 0) is 6.54 Å². The highest BCUT2D eigenvalue weighted by Crippen LogP contribution is 2.23. The van der Waals surface area contributed by atoms with Crippen LogP contribution in [0.2, 0.25) is 5.02 Å². The van der Waals surface area contributed by atoms with Crippen molar-refractivity contribution in [1.82, 2.24) is 14.9 Å². The third-order valence-corrected chi connectivity index (χ3v) is 5.80. The van der Waals surface area contributed by atoms with Gasteiger partial charge in [-0.15, -0.1) is 0 Å². The van der Waals surface area contributed by atoms with Crippen LogP contribution < -0.4 is 10.1 Å². The number of hydrogen-bond donors (Lipinski definition) is 1. The molecule has 0 spiro atoms. The van der Waals surface area contributed by atoms with Crippen molar-refractivity contribution in [1.29, 1.82) is 0 Å². The first-order valence-electron chi connectivity index (χ1n) is 10.7. The van der Waals surface area contributed by atoms with E-state index in [1.165, 1.54) is 0 Å². The molecule has 0 saturated carbocycles. The maximum absolute atomic E-state index is 12.6. The van der Waals surface area contributed by atoms with E-state index >= 15 is 0 Å². The molecule has 6 heteroatoms. The summed E-state index contributed by atoms with van der Waals surface area (Å²) >= 11 is 6.09. The lowest BCUT2D eigenvalue weighted by Gasteiger charge is -2.17. The number of aryl methyl sites for hydroxylation is 2. The molecule has 32 heavy (non-hydrogen) atoms. The van der Waals surface area contributed by atoms with Crippen LogP contribution in [0.5, 0.6) is 5.75 Å². The molecule has 5 nitrogen and oxygen atoms in total. The van der Waals surface area contributed by atoms with Crippen LogP contribution in [0.3, 0.4) is 0 Å². The molecule has 1 unspecified atom stereocenters. The Morgan fingerprint density at radius 3 is 2.62 bits per heavy atom. The summed E-state index contributed by atoms with van der Waals surface area (Å²) in [4.78, 5) is 17.5. The molecule has 4 rings (SSSR count). The largest absolute Gasteiger partial charge is 0.494 e. The fourth-order valence-electron chi connectivity index (χ4n) is 3.71. The fraction of sp³-hybridized carbons (Fsp3) is 0.231. The molecule has 1 aromatic heterocycles. The minimum atomic E-state index is -0.241. The topological polar surface area (TPSA) is 56.1 Å². The Kier molecular flexibility index (Phi) is 6.76. The summed E-state index contributed by atoms with van der Waals surface area (Å²) in [5, 5.41) is 3.81. The zero-order valence-electron chi connectivity index (χ0n) is 18.2. The van der Waals surface area contributed by atoms with Crippen LogP contribution in [-0.4, -0.2) is 22.1 Å². The second kappa shape index (κ2) is 9.88. The Bertz CT molecular complexity index is 1220. The van der Waals surface area contributed by atoms with E-state index in [1.54, 1.807) is 12.1 Å². The number of nitrogens with zero attached hydrogens (tertiary/aromatic N) is 2. The van der Waals surface area contributed by atoms with Crippen molar-refractivity contribution in [3.8, 4) is 5.75 Å². The highest BCUT2D eigenvalue weighted by molar-refractivity contribution is 6.31. The molecule has 0 aliphatic rings. The first-order valence-corrected chi connectivity index (χ1v) is 11.1. The predicted molar refractivity (Wildman–Crippen MR) is 128 cm³/mol. The van der Waals surface area contributed by atoms with E-state index in [-0.39, 0.29) is 11.9 Å². The number of benzene rings is 3. The van der Waals surface area contributed by atoms with Crippen LogP contribution in [0.25, 0.3) is 11.0 Å². The Balaban J connectivity index is 1.47. The molecule has 0 saturated heterocycles. The third-order valence-electron chi connectivity index (χ3n) is 5.38. The average Bonchev–Trinajstić information content (AvgIpc) is 3.18. The molecule has 1 atom stereocenters. The molecule has 0 bridgehead atoms. The molecule has 1 amide bonds. The number of hydrogen-bond acceptors (Lipinski definition) is 3. The van der Waals surface area contributed by atoms with Crippen molar-refractivity contribution in [2.75, 3.05) is 6.61 Å². The maximum atomic E-state index is 12.6. The lowest BCUT2D eigenvalue weighted by Crippen LogP contribution is -2.28. The Morgan fingerprint density at radius 2 is 1.84 bits per heavy atom. The standard InChI is InChI=1S/C26H26ClN3O2/c1-18-17-21(13-14-22(18)27)32-16-8-15-30-24-12-7-6-11-23(24)29-25(30)19(2)28-26(31)20-9-4-3-5-10-20/h3-7,9-14,17,19H,8,15-16H2,1-2H3,(H,28,31). The number of amides is 1. The molecule has 0 radical (unpaired) electrons. The van der Waals surface area contributed by atoms with Crippen LogP contribution >= 0.6 is 11.6 Å². The summed E-state index contributed by atoms with van der Waals surface area (Å²) in [5.41, 5.74) is 3.59. The van der Waals surface area contributed by atoms with E-state index in [1.807, 2.05) is 68.4 Å². The molecular formula is C26H26ClN3O2. The van der Waals surface area contributed by atoms with Crippen molar-refractivity contribution in [3.05, 3.63) is 94.8 Å². The van der Waals surface area contributed by atoms with Gasteiger partial charge in [0.2, 0.25) is 0 Å². The number of imidazole rings is 1.